The second kappa shape index (κ2) is 11.6. The van der Waals surface area contributed by atoms with E-state index < -0.39 is 0 Å². The Kier molecular flexibility index (Phi) is 8.07. The topological polar surface area (TPSA) is 94.6 Å². The van der Waals surface area contributed by atoms with Crippen molar-refractivity contribution >= 4 is 29.1 Å². The molecule has 8 nitrogen and oxygen atoms in total. The lowest BCUT2D eigenvalue weighted by atomic mass is 10.1. The fourth-order valence-corrected chi connectivity index (χ4v) is 4.32. The van der Waals surface area contributed by atoms with Gasteiger partial charge in [-0.1, -0.05) is 37.3 Å². The first kappa shape index (κ1) is 25.1. The smallest absolute Gasteiger partial charge is 0.256 e. The minimum absolute atomic E-state index is 0.0597. The van der Waals surface area contributed by atoms with Gasteiger partial charge >= 0.3 is 0 Å². The molecule has 3 amide bonds. The minimum Gasteiger partial charge on any atom is -0.336 e. The Labute approximate surface area is 211 Å². The number of pyridine rings is 1. The lowest BCUT2D eigenvalue weighted by molar-refractivity contribution is -0.117. The molecule has 1 saturated heterocycles. The van der Waals surface area contributed by atoms with Crippen molar-refractivity contribution in [3.8, 4) is 0 Å². The molecule has 1 aromatic heterocycles. The number of hydrogen-bond acceptors (Lipinski definition) is 5. The van der Waals surface area contributed by atoms with Crippen LogP contribution < -0.4 is 10.6 Å². The highest BCUT2D eigenvalue weighted by molar-refractivity contribution is 6.09. The first-order valence-corrected chi connectivity index (χ1v) is 12.2. The Morgan fingerprint density at radius 3 is 2.33 bits per heavy atom. The van der Waals surface area contributed by atoms with E-state index in [0.717, 1.165) is 23.2 Å². The van der Waals surface area contributed by atoms with Crippen LogP contribution >= 0.6 is 0 Å². The van der Waals surface area contributed by atoms with Gasteiger partial charge in [-0.3, -0.25) is 24.3 Å². The molecule has 0 spiro atoms. The summed E-state index contributed by atoms with van der Waals surface area (Å²) in [5.41, 5.74) is 4.21. The fourth-order valence-electron chi connectivity index (χ4n) is 4.32. The van der Waals surface area contributed by atoms with Gasteiger partial charge in [-0.15, -0.1) is 0 Å². The van der Waals surface area contributed by atoms with E-state index in [1.807, 2.05) is 43.3 Å². The number of rotatable bonds is 7. The van der Waals surface area contributed by atoms with Gasteiger partial charge in [-0.25, -0.2) is 0 Å². The van der Waals surface area contributed by atoms with E-state index in [1.165, 1.54) is 0 Å². The largest absolute Gasteiger partial charge is 0.336 e. The van der Waals surface area contributed by atoms with Crippen LogP contribution in [-0.2, 0) is 11.2 Å². The quantitative estimate of drug-likeness (QED) is 0.533. The van der Waals surface area contributed by atoms with E-state index in [9.17, 15) is 14.4 Å². The minimum atomic E-state index is -0.291. The molecule has 2 aromatic carbocycles. The average Bonchev–Trinajstić information content (AvgIpc) is 2.90. The summed E-state index contributed by atoms with van der Waals surface area (Å²) >= 11 is 0. The number of carbonyl (C=O) groups excluding carboxylic acids is 3. The Balaban J connectivity index is 1.36. The summed E-state index contributed by atoms with van der Waals surface area (Å²) in [6.45, 7) is 6.40. The van der Waals surface area contributed by atoms with Crippen LogP contribution in [-0.4, -0.2) is 65.2 Å². The number of benzene rings is 2. The molecular weight excluding hydrogens is 454 g/mol. The standard InChI is InChI=1S/C28H31N5O3/c1-3-21-8-4-5-10-24(21)30-25(34)19-32-15-17-33(18-16-32)28(36)23-9-6-7-20(2)26(23)31-27(35)22-11-13-29-14-12-22/h4-14H,3,15-19H2,1-2H3,(H,30,34)(H,31,35). The Morgan fingerprint density at radius 1 is 0.889 bits per heavy atom. The number of nitrogens with zero attached hydrogens (tertiary/aromatic N) is 3. The normalized spacial score (nSPS) is 13.8. The van der Waals surface area contributed by atoms with Gasteiger partial charge in [0.1, 0.15) is 0 Å². The second-order valence-electron chi connectivity index (χ2n) is 8.81. The van der Waals surface area contributed by atoms with Gasteiger partial charge in [-0.05, 0) is 48.7 Å². The van der Waals surface area contributed by atoms with Gasteiger partial charge in [-0.2, -0.15) is 0 Å². The molecule has 8 heteroatoms. The first-order valence-electron chi connectivity index (χ1n) is 12.2. The van der Waals surface area contributed by atoms with Crippen LogP contribution in [0.25, 0.3) is 0 Å². The number of anilines is 2. The number of nitrogens with one attached hydrogen (secondary N) is 2. The van der Waals surface area contributed by atoms with Gasteiger partial charge in [0.2, 0.25) is 5.91 Å². The van der Waals surface area contributed by atoms with Crippen LogP contribution in [0.3, 0.4) is 0 Å². The van der Waals surface area contributed by atoms with Crippen molar-refractivity contribution in [2.45, 2.75) is 20.3 Å². The molecule has 3 aromatic rings. The summed E-state index contributed by atoms with van der Waals surface area (Å²) in [6.07, 6.45) is 3.96. The molecule has 0 aliphatic carbocycles. The average molecular weight is 486 g/mol. The molecule has 36 heavy (non-hydrogen) atoms. The molecule has 0 unspecified atom stereocenters. The third-order valence-corrected chi connectivity index (χ3v) is 6.38. The first-order chi connectivity index (χ1) is 17.5. The van der Waals surface area contributed by atoms with E-state index in [-0.39, 0.29) is 24.3 Å². The van der Waals surface area contributed by atoms with Crippen LogP contribution in [0.5, 0.6) is 0 Å². The SMILES string of the molecule is CCc1ccccc1NC(=O)CN1CCN(C(=O)c2cccc(C)c2NC(=O)c2ccncc2)CC1. The van der Waals surface area contributed by atoms with Gasteiger partial charge in [0.05, 0.1) is 17.8 Å². The Morgan fingerprint density at radius 2 is 1.61 bits per heavy atom. The van der Waals surface area contributed by atoms with Crippen LogP contribution in [0.4, 0.5) is 11.4 Å². The highest BCUT2D eigenvalue weighted by atomic mass is 16.2. The third-order valence-electron chi connectivity index (χ3n) is 6.38. The molecule has 4 rings (SSSR count). The number of aryl methyl sites for hydroxylation is 2. The molecule has 0 bridgehead atoms. The van der Waals surface area contributed by atoms with E-state index >= 15 is 0 Å². The number of hydrogen-bond donors (Lipinski definition) is 2. The van der Waals surface area contributed by atoms with Crippen LogP contribution in [0.1, 0.15) is 38.8 Å². The summed E-state index contributed by atoms with van der Waals surface area (Å²) in [7, 11) is 0. The van der Waals surface area contributed by atoms with Crippen molar-refractivity contribution in [3.05, 3.63) is 89.2 Å². The zero-order chi connectivity index (χ0) is 25.5. The number of carbonyl (C=O) groups is 3. The zero-order valence-electron chi connectivity index (χ0n) is 20.7. The van der Waals surface area contributed by atoms with E-state index in [1.54, 1.807) is 35.5 Å². The summed E-state index contributed by atoms with van der Waals surface area (Å²) < 4.78 is 0. The fraction of sp³-hybridized carbons (Fsp3) is 0.286. The van der Waals surface area contributed by atoms with Crippen molar-refractivity contribution < 1.29 is 14.4 Å². The molecule has 0 radical (unpaired) electrons. The molecule has 186 valence electrons. The predicted molar refractivity (Wildman–Crippen MR) is 140 cm³/mol. The van der Waals surface area contributed by atoms with Crippen molar-refractivity contribution in [2.24, 2.45) is 0 Å². The van der Waals surface area contributed by atoms with Crippen molar-refractivity contribution in [1.82, 2.24) is 14.8 Å². The molecular formula is C28H31N5O3. The summed E-state index contributed by atoms with van der Waals surface area (Å²) in [5, 5.41) is 5.91. The molecule has 0 atom stereocenters. The number of amides is 3. The highest BCUT2D eigenvalue weighted by Crippen LogP contribution is 2.24. The monoisotopic (exact) mass is 485 g/mol. The number of aromatic nitrogens is 1. The molecule has 0 saturated carbocycles. The van der Waals surface area contributed by atoms with E-state index in [4.69, 9.17) is 0 Å². The van der Waals surface area contributed by atoms with Crippen molar-refractivity contribution in [3.63, 3.8) is 0 Å². The predicted octanol–water partition coefficient (Wildman–Crippen LogP) is 3.60. The van der Waals surface area contributed by atoms with Crippen molar-refractivity contribution in [1.29, 1.82) is 0 Å². The molecule has 1 fully saturated rings. The van der Waals surface area contributed by atoms with Gasteiger partial charge in [0, 0.05) is 49.8 Å². The zero-order valence-corrected chi connectivity index (χ0v) is 20.7. The van der Waals surface area contributed by atoms with Crippen LogP contribution in [0.2, 0.25) is 0 Å². The van der Waals surface area contributed by atoms with Crippen molar-refractivity contribution in [2.75, 3.05) is 43.4 Å². The molecule has 1 aliphatic heterocycles. The summed E-state index contributed by atoms with van der Waals surface area (Å²) in [6, 6.07) is 16.5. The van der Waals surface area contributed by atoms with E-state index in [2.05, 4.69) is 27.4 Å². The molecule has 2 heterocycles. The van der Waals surface area contributed by atoms with Gasteiger partial charge in [0.25, 0.3) is 11.8 Å². The highest BCUT2D eigenvalue weighted by Gasteiger charge is 2.26. The summed E-state index contributed by atoms with van der Waals surface area (Å²) in [4.78, 5) is 46.5. The summed E-state index contributed by atoms with van der Waals surface area (Å²) in [5.74, 6) is -0.485. The Hall–Kier alpha value is -4.04. The maximum absolute atomic E-state index is 13.4. The maximum atomic E-state index is 13.4. The van der Waals surface area contributed by atoms with Crippen LogP contribution in [0.15, 0.2) is 67.0 Å². The van der Waals surface area contributed by atoms with Gasteiger partial charge < -0.3 is 15.5 Å². The van der Waals surface area contributed by atoms with E-state index in [0.29, 0.717) is 43.0 Å². The molecule has 1 aliphatic rings. The van der Waals surface area contributed by atoms with Crippen LogP contribution in [0, 0.1) is 6.92 Å². The number of piperazine rings is 1. The Bertz CT molecular complexity index is 1240. The number of para-hydroxylation sites is 2. The lowest BCUT2D eigenvalue weighted by Gasteiger charge is -2.34. The van der Waals surface area contributed by atoms with Gasteiger partial charge in [0.15, 0.2) is 0 Å². The lowest BCUT2D eigenvalue weighted by Crippen LogP contribution is -2.50. The molecule has 2 N–H and O–H groups in total. The maximum Gasteiger partial charge on any atom is 0.256 e. The third kappa shape index (κ3) is 5.95. The second-order valence-corrected chi connectivity index (χ2v) is 8.81.